The number of rotatable bonds is 11. The number of hydrogen-bond donors (Lipinski definition) is 2. The summed E-state index contributed by atoms with van der Waals surface area (Å²) in [6, 6.07) is 17.5. The number of carbonyl (C=O) groups is 1. The summed E-state index contributed by atoms with van der Waals surface area (Å²) in [4.78, 5) is 22.2. The number of anilines is 1. The van der Waals surface area contributed by atoms with Gasteiger partial charge in [0.15, 0.2) is 0 Å². The van der Waals surface area contributed by atoms with Crippen LogP contribution in [0.2, 0.25) is 0 Å². The molecule has 0 radical (unpaired) electrons. The van der Waals surface area contributed by atoms with E-state index in [1.165, 1.54) is 32.4 Å². The number of aromatic nitrogens is 1. The fourth-order valence-corrected chi connectivity index (χ4v) is 7.16. The first kappa shape index (κ1) is 37.1. The summed E-state index contributed by atoms with van der Waals surface area (Å²) in [5, 5.41) is 12.9. The molecule has 2 aliphatic rings. The molecule has 2 N–H and O–H groups in total. The first-order valence-electron chi connectivity index (χ1n) is 17.6. The van der Waals surface area contributed by atoms with Crippen molar-refractivity contribution in [3.63, 3.8) is 0 Å². The van der Waals surface area contributed by atoms with Crippen molar-refractivity contribution < 1.29 is 32.5 Å². The normalized spacial score (nSPS) is 16.9. The van der Waals surface area contributed by atoms with Crippen molar-refractivity contribution in [1.82, 2.24) is 14.8 Å². The molecule has 3 heterocycles. The lowest BCUT2D eigenvalue weighted by Gasteiger charge is -2.20. The van der Waals surface area contributed by atoms with Crippen LogP contribution in [0.4, 0.5) is 18.9 Å². The Morgan fingerprint density at radius 2 is 1.58 bits per heavy atom. The topological polar surface area (TPSA) is 87.2 Å². The van der Waals surface area contributed by atoms with Gasteiger partial charge in [-0.25, -0.2) is 4.98 Å². The Balaban J connectivity index is 1.24. The third-order valence-electron chi connectivity index (χ3n) is 10.0. The van der Waals surface area contributed by atoms with E-state index in [0.717, 1.165) is 72.3 Å². The molecule has 4 aromatic rings. The van der Waals surface area contributed by atoms with Gasteiger partial charge >= 0.3 is 6.18 Å². The molecule has 2 fully saturated rings. The number of aliphatic hydroxyl groups excluding tert-OH is 1. The van der Waals surface area contributed by atoms with Crippen LogP contribution in [0.5, 0.6) is 11.6 Å². The number of carbonyl (C=O) groups excluding carboxylic acids is 1. The van der Waals surface area contributed by atoms with Crippen LogP contribution in [0.1, 0.15) is 68.7 Å². The minimum absolute atomic E-state index is 0.0355. The number of pyridine rings is 1. The summed E-state index contributed by atoms with van der Waals surface area (Å²) >= 11 is 0. The number of β-amino-alcohol motifs (C(OH)–C–C–N with tert-alkyl or cyclic N) is 1. The monoisotopic (exact) mass is 714 g/mol. The Morgan fingerprint density at radius 1 is 0.885 bits per heavy atom. The van der Waals surface area contributed by atoms with Gasteiger partial charge in [-0.3, -0.25) is 14.6 Å². The molecule has 2 saturated heterocycles. The van der Waals surface area contributed by atoms with Crippen LogP contribution in [0.3, 0.4) is 0 Å². The number of methoxy groups -OCH3 is 2. The number of amides is 1. The second-order valence-electron chi connectivity index (χ2n) is 13.6. The van der Waals surface area contributed by atoms with Crippen LogP contribution in [0, 0.1) is 13.8 Å². The minimum Gasteiger partial charge on any atom is -0.496 e. The van der Waals surface area contributed by atoms with E-state index < -0.39 is 17.6 Å². The van der Waals surface area contributed by atoms with Crippen molar-refractivity contribution in [3.8, 4) is 22.8 Å². The van der Waals surface area contributed by atoms with E-state index >= 15 is 0 Å². The van der Waals surface area contributed by atoms with E-state index in [1.54, 1.807) is 12.1 Å². The number of likely N-dealkylation sites (tertiary alicyclic amines) is 2. The van der Waals surface area contributed by atoms with E-state index in [4.69, 9.17) is 9.47 Å². The molecule has 274 valence electrons. The van der Waals surface area contributed by atoms with Gasteiger partial charge in [-0.15, -0.1) is 0 Å². The Hall–Kier alpha value is -4.71. The van der Waals surface area contributed by atoms with Crippen LogP contribution in [-0.2, 0) is 19.3 Å². The lowest BCUT2D eigenvalue weighted by molar-refractivity contribution is -0.137. The van der Waals surface area contributed by atoms with Crippen molar-refractivity contribution in [2.24, 2.45) is 0 Å². The fourth-order valence-electron chi connectivity index (χ4n) is 7.16. The van der Waals surface area contributed by atoms with Crippen molar-refractivity contribution in [2.75, 3.05) is 45.7 Å². The molecule has 1 aromatic heterocycles. The third-order valence-corrected chi connectivity index (χ3v) is 10.0. The Morgan fingerprint density at radius 3 is 2.25 bits per heavy atom. The number of halogens is 3. The maximum atomic E-state index is 14.4. The zero-order valence-electron chi connectivity index (χ0n) is 30.0. The molecular weight excluding hydrogens is 669 g/mol. The maximum Gasteiger partial charge on any atom is 0.417 e. The summed E-state index contributed by atoms with van der Waals surface area (Å²) in [6.07, 6.45) is 1.14. The summed E-state index contributed by atoms with van der Waals surface area (Å²) in [5.74, 6) is 0.406. The number of nitrogens with one attached hydrogen (secondary N) is 1. The number of aliphatic hydroxyl groups is 1. The van der Waals surface area contributed by atoms with Crippen molar-refractivity contribution in [3.05, 3.63) is 105 Å². The first-order chi connectivity index (χ1) is 24.9. The third kappa shape index (κ3) is 8.33. The van der Waals surface area contributed by atoms with Gasteiger partial charge in [-0.1, -0.05) is 42.5 Å². The number of alkyl halides is 3. The second kappa shape index (κ2) is 15.9. The van der Waals surface area contributed by atoms with Crippen LogP contribution in [0.25, 0.3) is 23.3 Å². The van der Waals surface area contributed by atoms with Gasteiger partial charge in [0.2, 0.25) is 5.88 Å². The van der Waals surface area contributed by atoms with Gasteiger partial charge in [-0.2, -0.15) is 13.2 Å². The number of benzene rings is 3. The molecule has 6 rings (SSSR count). The van der Waals surface area contributed by atoms with E-state index in [1.807, 2.05) is 56.3 Å². The van der Waals surface area contributed by atoms with Crippen LogP contribution < -0.4 is 14.8 Å². The summed E-state index contributed by atoms with van der Waals surface area (Å²) < 4.78 is 54.1. The van der Waals surface area contributed by atoms with Crippen molar-refractivity contribution >= 4 is 23.7 Å². The average molecular weight is 715 g/mol. The molecule has 52 heavy (non-hydrogen) atoms. The number of nitrogens with zero attached hydrogens (tertiary/aromatic N) is 3. The summed E-state index contributed by atoms with van der Waals surface area (Å²) in [5.41, 5.74) is 5.75. The van der Waals surface area contributed by atoms with Crippen molar-refractivity contribution in [1.29, 1.82) is 0 Å². The maximum absolute atomic E-state index is 14.4. The van der Waals surface area contributed by atoms with Gasteiger partial charge in [-0.05, 0) is 110 Å². The smallest absolute Gasteiger partial charge is 0.417 e. The number of ether oxygens (including phenoxy) is 2. The average Bonchev–Trinajstić information content (AvgIpc) is 3.80. The van der Waals surface area contributed by atoms with Crippen LogP contribution >= 0.6 is 0 Å². The standard InChI is InChI=1S/C41H45F3N4O4/c1-26-28(13-14-29-22-38(51-3)31(21-35(29)41(42,43)44)24-47-18-5-6-19-47)9-7-10-33(26)34-11-8-12-36(27(34)2)45-39(50)37-16-15-30(40(46-37)52-4)23-48-20-17-32(49)25-48/h7-16,21-22,32,49H,5-6,17-20,23-25H2,1-4H3,(H,45,50)/b14-13+/t32-/m1/s1. The lowest BCUT2D eigenvalue weighted by atomic mass is 9.92. The Labute approximate surface area is 302 Å². The van der Waals surface area contributed by atoms with E-state index in [2.05, 4.69) is 20.1 Å². The zero-order valence-corrected chi connectivity index (χ0v) is 30.0. The Bertz CT molecular complexity index is 1960. The molecule has 1 amide bonds. The highest BCUT2D eigenvalue weighted by Gasteiger charge is 2.34. The zero-order chi connectivity index (χ0) is 37.0. The molecule has 0 saturated carbocycles. The number of hydrogen-bond acceptors (Lipinski definition) is 7. The molecule has 0 aliphatic carbocycles. The SMILES string of the molecule is COc1cc(/C=C/c2cccc(-c3cccc(NC(=O)c4ccc(CN5CC[C@@H](O)C5)c(OC)n4)c3C)c2C)c(C(F)(F)F)cc1CN1CCCC1. The highest BCUT2D eigenvalue weighted by Crippen LogP contribution is 2.38. The molecule has 3 aromatic carbocycles. The molecule has 0 spiro atoms. The van der Waals surface area contributed by atoms with Gasteiger partial charge in [0.05, 0.1) is 25.9 Å². The van der Waals surface area contributed by atoms with Crippen LogP contribution in [0.15, 0.2) is 60.7 Å². The quantitative estimate of drug-likeness (QED) is 0.152. The van der Waals surface area contributed by atoms with Crippen LogP contribution in [-0.4, -0.2) is 72.3 Å². The van der Waals surface area contributed by atoms with E-state index in [-0.39, 0.29) is 17.4 Å². The molecule has 8 nitrogen and oxygen atoms in total. The molecule has 0 bridgehead atoms. The lowest BCUT2D eigenvalue weighted by Crippen LogP contribution is -2.22. The van der Waals surface area contributed by atoms with Gasteiger partial charge < -0.3 is 19.9 Å². The molecule has 1 atom stereocenters. The summed E-state index contributed by atoms with van der Waals surface area (Å²) in [6.45, 7) is 7.92. The minimum atomic E-state index is -4.54. The molecule has 0 unspecified atom stereocenters. The van der Waals surface area contributed by atoms with Gasteiger partial charge in [0.1, 0.15) is 11.4 Å². The fraction of sp³-hybridized carbons (Fsp3) is 0.366. The van der Waals surface area contributed by atoms with Gasteiger partial charge in [0, 0.05) is 43.0 Å². The highest BCUT2D eigenvalue weighted by atomic mass is 19.4. The largest absolute Gasteiger partial charge is 0.496 e. The molecule has 11 heteroatoms. The van der Waals surface area contributed by atoms with Crippen molar-refractivity contribution in [2.45, 2.75) is 58.5 Å². The van der Waals surface area contributed by atoms with E-state index in [9.17, 15) is 23.1 Å². The van der Waals surface area contributed by atoms with Gasteiger partial charge in [0.25, 0.3) is 5.91 Å². The second-order valence-corrected chi connectivity index (χ2v) is 13.6. The van der Waals surface area contributed by atoms with E-state index in [0.29, 0.717) is 42.5 Å². The molecular formula is C41H45F3N4O4. The Kier molecular flexibility index (Phi) is 11.3. The first-order valence-corrected chi connectivity index (χ1v) is 17.6. The highest BCUT2D eigenvalue weighted by molar-refractivity contribution is 6.04. The molecule has 2 aliphatic heterocycles. The predicted octanol–water partition coefficient (Wildman–Crippen LogP) is 7.99. The predicted molar refractivity (Wildman–Crippen MR) is 197 cm³/mol. The summed E-state index contributed by atoms with van der Waals surface area (Å²) in [7, 11) is 3.01.